The maximum absolute atomic E-state index is 12.2. The summed E-state index contributed by atoms with van der Waals surface area (Å²) in [6, 6.07) is 2.11. The molecule has 0 amide bonds. The van der Waals surface area contributed by atoms with Crippen LogP contribution in [-0.4, -0.2) is 10.8 Å². The lowest BCUT2D eigenvalue weighted by atomic mass is 9.99. The van der Waals surface area contributed by atoms with Gasteiger partial charge in [0.15, 0.2) is 5.78 Å². The van der Waals surface area contributed by atoms with Crippen LogP contribution in [0.1, 0.15) is 43.7 Å². The van der Waals surface area contributed by atoms with Crippen LogP contribution >= 0.6 is 22.7 Å². The second-order valence-corrected chi connectivity index (χ2v) is 6.83. The highest BCUT2D eigenvalue weighted by Crippen LogP contribution is 2.30. The van der Waals surface area contributed by atoms with E-state index in [0.29, 0.717) is 6.42 Å². The average molecular weight is 277 g/mol. The van der Waals surface area contributed by atoms with Gasteiger partial charge in [0.25, 0.3) is 0 Å². The number of aromatic nitrogens is 1. The topological polar surface area (TPSA) is 30.0 Å². The van der Waals surface area contributed by atoms with Crippen LogP contribution in [0.25, 0.3) is 0 Å². The maximum Gasteiger partial charge on any atom is 0.179 e. The molecule has 2 heterocycles. The predicted molar refractivity (Wildman–Crippen MR) is 75.8 cm³/mol. The number of hydrogen-bond acceptors (Lipinski definition) is 4. The monoisotopic (exact) mass is 277 g/mol. The van der Waals surface area contributed by atoms with Crippen LogP contribution in [0, 0.1) is 6.92 Å². The summed E-state index contributed by atoms with van der Waals surface area (Å²) in [5.74, 6) is 0.226. The Morgan fingerprint density at radius 1 is 1.39 bits per heavy atom. The summed E-state index contributed by atoms with van der Waals surface area (Å²) in [5.41, 5.74) is 2.41. The SMILES string of the molecule is Cc1csc(CC(=O)c2cc3c(s2)CCCC3)n1. The highest BCUT2D eigenvalue weighted by Gasteiger charge is 2.18. The van der Waals surface area contributed by atoms with Crippen LogP contribution in [0.15, 0.2) is 11.4 Å². The molecule has 1 aliphatic carbocycles. The fraction of sp³-hybridized carbons (Fsp3) is 0.429. The van der Waals surface area contributed by atoms with E-state index in [9.17, 15) is 4.79 Å². The van der Waals surface area contributed by atoms with Gasteiger partial charge in [0.05, 0.1) is 11.3 Å². The van der Waals surface area contributed by atoms with Gasteiger partial charge in [0.1, 0.15) is 5.01 Å². The molecule has 0 bridgehead atoms. The lowest BCUT2D eigenvalue weighted by molar-refractivity contribution is 0.0996. The number of nitrogens with zero attached hydrogens (tertiary/aromatic N) is 1. The third-order valence-corrected chi connectivity index (χ3v) is 5.49. The fourth-order valence-electron chi connectivity index (χ4n) is 2.34. The highest BCUT2D eigenvalue weighted by atomic mass is 32.1. The van der Waals surface area contributed by atoms with Crippen LogP contribution < -0.4 is 0 Å². The first-order valence-corrected chi connectivity index (χ1v) is 7.98. The standard InChI is InChI=1S/C14H15NOS2/c1-9-8-17-14(15-9)7-11(16)13-6-10-4-2-3-5-12(10)18-13/h6,8H,2-5,7H2,1H3. The van der Waals surface area contributed by atoms with Gasteiger partial charge in [-0.15, -0.1) is 22.7 Å². The van der Waals surface area contributed by atoms with Gasteiger partial charge in [-0.2, -0.15) is 0 Å². The molecule has 94 valence electrons. The highest BCUT2D eigenvalue weighted by molar-refractivity contribution is 7.14. The third-order valence-electron chi connectivity index (χ3n) is 3.25. The Hall–Kier alpha value is -1.00. The first-order chi connectivity index (χ1) is 8.72. The summed E-state index contributed by atoms with van der Waals surface area (Å²) < 4.78 is 0. The lowest BCUT2D eigenvalue weighted by Crippen LogP contribution is -2.00. The number of carbonyl (C=O) groups is 1. The quantitative estimate of drug-likeness (QED) is 0.798. The summed E-state index contributed by atoms with van der Waals surface area (Å²) in [5, 5.41) is 2.94. The van der Waals surface area contributed by atoms with Gasteiger partial charge in [-0.1, -0.05) is 0 Å². The summed E-state index contributed by atoms with van der Waals surface area (Å²) in [6.07, 6.45) is 5.30. The molecule has 0 fully saturated rings. The number of carbonyl (C=O) groups excluding carboxylic acids is 1. The van der Waals surface area contributed by atoms with Crippen molar-refractivity contribution >= 4 is 28.5 Å². The van der Waals surface area contributed by atoms with Crippen molar-refractivity contribution in [1.29, 1.82) is 0 Å². The molecule has 0 spiro atoms. The average Bonchev–Trinajstić information content (AvgIpc) is 2.95. The van der Waals surface area contributed by atoms with Crippen molar-refractivity contribution in [3.63, 3.8) is 0 Å². The van der Waals surface area contributed by atoms with Crippen LogP contribution in [0.4, 0.5) is 0 Å². The molecule has 3 rings (SSSR count). The van der Waals surface area contributed by atoms with Crippen molar-refractivity contribution in [2.75, 3.05) is 0 Å². The zero-order chi connectivity index (χ0) is 12.5. The number of rotatable bonds is 3. The second-order valence-electron chi connectivity index (χ2n) is 4.75. The van der Waals surface area contributed by atoms with Gasteiger partial charge in [-0.3, -0.25) is 4.79 Å². The number of thiophene rings is 1. The number of thiazole rings is 1. The molecule has 2 aromatic rings. The first-order valence-electron chi connectivity index (χ1n) is 6.28. The molecule has 0 saturated carbocycles. The smallest absolute Gasteiger partial charge is 0.179 e. The molecular weight excluding hydrogens is 262 g/mol. The minimum Gasteiger partial charge on any atom is -0.293 e. The number of aryl methyl sites for hydroxylation is 3. The van der Waals surface area contributed by atoms with Crippen LogP contribution in [0.5, 0.6) is 0 Å². The number of Topliss-reactive ketones (excluding diaryl/α,β-unsaturated/α-hetero) is 1. The molecule has 0 saturated heterocycles. The van der Waals surface area contributed by atoms with E-state index in [2.05, 4.69) is 11.1 Å². The summed E-state index contributed by atoms with van der Waals surface area (Å²) in [7, 11) is 0. The Morgan fingerprint density at radius 2 is 2.22 bits per heavy atom. The van der Waals surface area contributed by atoms with Gasteiger partial charge in [-0.05, 0) is 44.2 Å². The zero-order valence-electron chi connectivity index (χ0n) is 10.4. The van der Waals surface area contributed by atoms with E-state index in [1.54, 1.807) is 22.7 Å². The molecule has 1 aliphatic rings. The van der Waals surface area contributed by atoms with E-state index in [1.165, 1.54) is 23.3 Å². The van der Waals surface area contributed by atoms with Crippen molar-refractivity contribution in [2.24, 2.45) is 0 Å². The van der Waals surface area contributed by atoms with Crippen molar-refractivity contribution in [3.05, 3.63) is 37.5 Å². The van der Waals surface area contributed by atoms with E-state index in [-0.39, 0.29) is 5.78 Å². The van der Waals surface area contributed by atoms with E-state index < -0.39 is 0 Å². The maximum atomic E-state index is 12.2. The van der Waals surface area contributed by atoms with E-state index in [0.717, 1.165) is 28.4 Å². The number of hydrogen-bond donors (Lipinski definition) is 0. The largest absolute Gasteiger partial charge is 0.293 e. The third kappa shape index (κ3) is 2.40. The molecule has 2 aromatic heterocycles. The van der Waals surface area contributed by atoms with Gasteiger partial charge < -0.3 is 0 Å². The number of ketones is 1. The molecule has 4 heteroatoms. The van der Waals surface area contributed by atoms with Gasteiger partial charge in [-0.25, -0.2) is 4.98 Å². The first kappa shape index (κ1) is 12.1. The van der Waals surface area contributed by atoms with Gasteiger partial charge >= 0.3 is 0 Å². The van der Waals surface area contributed by atoms with Gasteiger partial charge in [0, 0.05) is 16.0 Å². The minimum absolute atomic E-state index is 0.226. The van der Waals surface area contributed by atoms with Crippen LogP contribution in [-0.2, 0) is 19.3 Å². The molecule has 0 N–H and O–H groups in total. The molecule has 2 nitrogen and oxygen atoms in total. The van der Waals surface area contributed by atoms with Crippen molar-refractivity contribution in [1.82, 2.24) is 4.98 Å². The molecule has 18 heavy (non-hydrogen) atoms. The summed E-state index contributed by atoms with van der Waals surface area (Å²) in [4.78, 5) is 18.9. The predicted octanol–water partition coefficient (Wildman–Crippen LogP) is 3.82. The summed E-state index contributed by atoms with van der Waals surface area (Å²) in [6.45, 7) is 1.97. The Kier molecular flexibility index (Phi) is 3.31. The Bertz CT molecular complexity index is 559. The van der Waals surface area contributed by atoms with Gasteiger partial charge in [0.2, 0.25) is 0 Å². The van der Waals surface area contributed by atoms with E-state index >= 15 is 0 Å². The molecule has 0 unspecified atom stereocenters. The zero-order valence-corrected chi connectivity index (χ0v) is 12.0. The van der Waals surface area contributed by atoms with Crippen LogP contribution in [0.3, 0.4) is 0 Å². The lowest BCUT2D eigenvalue weighted by Gasteiger charge is -2.08. The van der Waals surface area contributed by atoms with Crippen molar-refractivity contribution in [2.45, 2.75) is 39.0 Å². The van der Waals surface area contributed by atoms with Crippen molar-refractivity contribution in [3.8, 4) is 0 Å². The van der Waals surface area contributed by atoms with E-state index in [4.69, 9.17) is 0 Å². The second kappa shape index (κ2) is 4.94. The Labute approximate surface area is 115 Å². The molecular formula is C14H15NOS2. The Morgan fingerprint density at radius 3 is 2.94 bits per heavy atom. The van der Waals surface area contributed by atoms with E-state index in [1.807, 2.05) is 12.3 Å². The molecule has 0 atom stereocenters. The van der Waals surface area contributed by atoms with Crippen LogP contribution in [0.2, 0.25) is 0 Å². The Balaban J connectivity index is 1.78. The summed E-state index contributed by atoms with van der Waals surface area (Å²) >= 11 is 3.28. The molecule has 0 aliphatic heterocycles. The molecule has 0 radical (unpaired) electrons. The minimum atomic E-state index is 0.226. The normalized spacial score (nSPS) is 14.5. The fourth-order valence-corrected chi connectivity index (χ4v) is 4.30. The number of fused-ring (bicyclic) bond motifs is 1. The molecule has 0 aromatic carbocycles. The van der Waals surface area contributed by atoms with Crippen molar-refractivity contribution < 1.29 is 4.79 Å².